The monoisotopic (exact) mass is 1180 g/mol. The van der Waals surface area contributed by atoms with Crippen LogP contribution in [0.4, 0.5) is 19.4 Å². The molecule has 0 radical (unpaired) electrons. The quantitative estimate of drug-likeness (QED) is 0.0526. The molecule has 20 heteroatoms. The maximum Gasteiger partial charge on any atom is 0.410 e. The summed E-state index contributed by atoms with van der Waals surface area (Å²) in [5.74, 6) is 1.00. The van der Waals surface area contributed by atoms with Crippen LogP contribution in [0.2, 0.25) is 42.3 Å². The number of likely N-dealkylation sites (tertiary alicyclic amines) is 1. The van der Waals surface area contributed by atoms with Gasteiger partial charge in [-0.1, -0.05) is 67.1 Å². The minimum Gasteiger partial charge on any atom is -0.481 e. The van der Waals surface area contributed by atoms with Crippen molar-refractivity contribution in [2.24, 2.45) is 16.7 Å². The summed E-state index contributed by atoms with van der Waals surface area (Å²) < 4.78 is 54.5. The predicted octanol–water partition coefficient (Wildman–Crippen LogP) is 14.3. The van der Waals surface area contributed by atoms with Crippen LogP contribution in [0.25, 0.3) is 52.5 Å². The van der Waals surface area contributed by atoms with Gasteiger partial charge < -0.3 is 29.1 Å². The number of rotatable bonds is 17. The van der Waals surface area contributed by atoms with Crippen molar-refractivity contribution in [3.63, 3.8) is 0 Å². The van der Waals surface area contributed by atoms with Gasteiger partial charge in [0.15, 0.2) is 0 Å². The summed E-state index contributed by atoms with van der Waals surface area (Å²) in [5.41, 5.74) is 7.10. The van der Waals surface area contributed by atoms with Crippen molar-refractivity contribution in [1.29, 1.82) is 0 Å². The second-order valence-corrected chi connectivity index (χ2v) is 40.9. The van der Waals surface area contributed by atoms with Crippen LogP contribution in [0.5, 0.6) is 6.01 Å². The first-order valence-corrected chi connectivity index (χ1v) is 37.1. The van der Waals surface area contributed by atoms with Gasteiger partial charge in [0.05, 0.1) is 45.0 Å². The number of alkyl halides is 2. The molecule has 11 rings (SSSR count). The number of aliphatic carboxylic acids is 1. The fourth-order valence-electron chi connectivity index (χ4n) is 14.6. The number of ether oxygens (including phenoxy) is 3. The summed E-state index contributed by atoms with van der Waals surface area (Å²) >= 11 is 3.19. The fraction of sp³-hybridized carbons (Fsp3) is 0.639. The first kappa shape index (κ1) is 58.0. The number of halogens is 2. The number of benzene rings is 1. The number of carbonyl (C=O) groups is 2. The molecule has 2 unspecified atom stereocenters. The van der Waals surface area contributed by atoms with Gasteiger partial charge in [-0.05, 0) is 119 Å². The van der Waals surface area contributed by atoms with Crippen molar-refractivity contribution in [1.82, 2.24) is 34.5 Å². The summed E-state index contributed by atoms with van der Waals surface area (Å²) in [6, 6.07) is 5.10. The fourth-order valence-corrected chi connectivity index (χ4v) is 22.6. The number of anilines is 1. The number of carbonyl (C=O) groups excluding carboxylic acids is 1. The van der Waals surface area contributed by atoms with Gasteiger partial charge in [-0.3, -0.25) is 14.7 Å². The Morgan fingerprint density at radius 2 is 1.64 bits per heavy atom. The SMILES string of the molecule is CC(C)[Si](C#Cc1csc2cc3c(cnn3COCC[Si](C)(C)C)c(-c3nccc4c3sc3nc(OC[C@]5(CN6CCC7(CC6)CC(CC(=O)O)C7)CC5(F)F)nc(N5CC6CCC(C5)N6C(=O)OC(C)(C)C)c34)c12)(C(C)C)C(C)C. The van der Waals surface area contributed by atoms with Gasteiger partial charge in [0.25, 0.3) is 5.92 Å². The van der Waals surface area contributed by atoms with Crippen molar-refractivity contribution < 1.29 is 37.7 Å². The molecule has 1 aromatic carbocycles. The Morgan fingerprint density at radius 1 is 0.963 bits per heavy atom. The average molecular weight is 1180 g/mol. The Kier molecular flexibility index (Phi) is 15.3. The molecule has 2 bridgehead atoms. The number of aromatic nitrogens is 5. The molecule has 14 nitrogen and oxygen atoms in total. The van der Waals surface area contributed by atoms with E-state index in [1.54, 1.807) is 11.3 Å². The summed E-state index contributed by atoms with van der Waals surface area (Å²) in [6.07, 6.45) is 8.59. The minimum atomic E-state index is -2.92. The third-order valence-electron chi connectivity index (χ3n) is 18.8. The number of hydrogen-bond acceptors (Lipinski definition) is 13. The summed E-state index contributed by atoms with van der Waals surface area (Å²) in [4.78, 5) is 47.7. The number of amides is 1. The van der Waals surface area contributed by atoms with Crippen molar-refractivity contribution in [2.75, 3.05) is 50.8 Å². The number of carboxylic acids is 1. The first-order valence-electron chi connectivity index (χ1n) is 29.5. The van der Waals surface area contributed by atoms with Gasteiger partial charge in [0.1, 0.15) is 37.7 Å². The zero-order valence-electron chi connectivity index (χ0n) is 49.5. The van der Waals surface area contributed by atoms with E-state index in [1.165, 1.54) is 11.3 Å². The Balaban J connectivity index is 1.01. The molecule has 5 aromatic heterocycles. The summed E-state index contributed by atoms with van der Waals surface area (Å²) in [5, 5.41) is 20.3. The second kappa shape index (κ2) is 21.4. The number of piperazine rings is 1. The van der Waals surface area contributed by atoms with E-state index in [-0.39, 0.29) is 61.5 Å². The minimum absolute atomic E-state index is 0.0440. The molecule has 5 aliphatic rings. The second-order valence-electron chi connectivity index (χ2n) is 27.8. The summed E-state index contributed by atoms with van der Waals surface area (Å²) in [6.45, 7) is 30.1. The highest BCUT2D eigenvalue weighted by atomic mass is 32.1. The smallest absolute Gasteiger partial charge is 0.410 e. The number of thiophene rings is 2. The number of hydrogen-bond donors (Lipinski definition) is 1. The third-order valence-corrected chi connectivity index (χ3v) is 28.9. The largest absolute Gasteiger partial charge is 0.481 e. The lowest BCUT2D eigenvalue weighted by Crippen LogP contribution is -2.57. The van der Waals surface area contributed by atoms with Gasteiger partial charge >= 0.3 is 18.1 Å². The molecule has 81 heavy (non-hydrogen) atoms. The van der Waals surface area contributed by atoms with Crippen LogP contribution in [0, 0.1) is 28.2 Å². The van der Waals surface area contributed by atoms with Crippen LogP contribution >= 0.6 is 22.7 Å². The molecule has 5 fully saturated rings. The van der Waals surface area contributed by atoms with Crippen molar-refractivity contribution in [3.8, 4) is 28.7 Å². The highest BCUT2D eigenvalue weighted by Crippen LogP contribution is 2.62. The number of nitrogens with zero attached hydrogens (tertiary/aromatic N) is 8. The van der Waals surface area contributed by atoms with Crippen LogP contribution in [-0.2, 0) is 21.0 Å². The zero-order chi connectivity index (χ0) is 57.8. The van der Waals surface area contributed by atoms with E-state index < -0.39 is 39.1 Å². The molecule has 8 heterocycles. The summed E-state index contributed by atoms with van der Waals surface area (Å²) in [7, 11) is -3.47. The van der Waals surface area contributed by atoms with Gasteiger partial charge in [-0.2, -0.15) is 15.1 Å². The van der Waals surface area contributed by atoms with E-state index in [9.17, 15) is 14.7 Å². The topological polar surface area (TPSA) is 148 Å². The van der Waals surface area contributed by atoms with E-state index in [1.807, 2.05) is 48.8 Å². The first-order chi connectivity index (χ1) is 38.2. The van der Waals surface area contributed by atoms with Crippen molar-refractivity contribution in [3.05, 3.63) is 35.5 Å². The molecule has 1 N–H and O–H groups in total. The van der Waals surface area contributed by atoms with Crippen molar-refractivity contribution in [2.45, 2.75) is 186 Å². The Labute approximate surface area is 485 Å². The van der Waals surface area contributed by atoms with E-state index in [4.69, 9.17) is 34.3 Å². The lowest BCUT2D eigenvalue weighted by atomic mass is 9.57. The molecular weight excluding hydrogens is 1100 g/mol. The van der Waals surface area contributed by atoms with Gasteiger partial charge in [0.2, 0.25) is 0 Å². The Bertz CT molecular complexity index is 3410. The number of pyridine rings is 1. The predicted molar refractivity (Wildman–Crippen MR) is 327 cm³/mol. The molecule has 3 saturated heterocycles. The molecule has 1 spiro atoms. The average Bonchev–Trinajstić information content (AvgIpc) is 3.31. The lowest BCUT2D eigenvalue weighted by Gasteiger charge is -2.52. The highest BCUT2D eigenvalue weighted by molar-refractivity contribution is 7.26. The van der Waals surface area contributed by atoms with Gasteiger partial charge in [-0.25, -0.2) is 18.3 Å². The van der Waals surface area contributed by atoms with E-state index >= 15 is 8.78 Å². The highest BCUT2D eigenvalue weighted by Gasteiger charge is 2.72. The van der Waals surface area contributed by atoms with E-state index in [0.29, 0.717) is 66.8 Å². The van der Waals surface area contributed by atoms with Gasteiger partial charge in [-0.15, -0.1) is 28.2 Å². The van der Waals surface area contributed by atoms with Crippen LogP contribution in [-0.4, -0.2) is 137 Å². The Morgan fingerprint density at radius 3 is 2.26 bits per heavy atom. The van der Waals surface area contributed by atoms with Crippen LogP contribution in [0.1, 0.15) is 119 Å². The molecule has 2 saturated carbocycles. The molecule has 6 aromatic rings. The third kappa shape index (κ3) is 11.0. The van der Waals surface area contributed by atoms with E-state index in [0.717, 1.165) is 97.9 Å². The van der Waals surface area contributed by atoms with Crippen LogP contribution in [0.3, 0.4) is 0 Å². The van der Waals surface area contributed by atoms with Crippen molar-refractivity contribution >= 4 is 98.0 Å². The number of carboxylic acid groups (broad SMARTS) is 1. The maximum absolute atomic E-state index is 15.9. The van der Waals surface area contributed by atoms with Crippen LogP contribution < -0.4 is 9.64 Å². The number of piperidine rings is 1. The van der Waals surface area contributed by atoms with Crippen LogP contribution in [0.15, 0.2) is 29.9 Å². The molecular formula is C61H82F2N8O6S2Si2. The zero-order valence-corrected chi connectivity index (χ0v) is 53.1. The molecule has 3 aliphatic heterocycles. The van der Waals surface area contributed by atoms with E-state index in [2.05, 4.69) is 93.9 Å². The normalized spacial score (nSPS) is 22.2. The standard InChI is InChI=1S/C61H82F2N8O6S2Si2/c1-37(2)81(38(3)4,39(5)6)23-16-41-32-78-47-26-46-45(29-65-70(46)36-75-22-24-80(10,11)12)50(49(41)47)52-53-44(15-19-64-52)51-54(69-30-42-13-14-43(31-69)71(42)57(74)77-58(7,8)9)66-56(67-55(51)79-53)76-35-60(33-61(60,62)63)34-68-20-17-59(18-21-68)27-40(28-59)25-48(72)73/h15,19,26,29,32,37-40,42-43H,13-14,17-18,20-22,24-25,27-28,30-31,33-36H2,1-12H3,(H,72,73)/t42?,43?,60-/m1/s1. The van der Waals surface area contributed by atoms with Gasteiger partial charge in [0, 0.05) is 90.7 Å². The Hall–Kier alpha value is -4.79. The number of fused-ring (bicyclic) bond motifs is 7. The molecule has 3 atom stereocenters. The molecule has 436 valence electrons. The maximum atomic E-state index is 15.9. The molecule has 1 amide bonds. The lowest BCUT2D eigenvalue weighted by molar-refractivity contribution is -0.141. The molecule has 2 aliphatic carbocycles.